The number of terminal acetylenes is 2. The molecule has 0 amide bonds. The topological polar surface area (TPSA) is 47.6 Å². The second-order valence-electron chi connectivity index (χ2n) is 6.54. The Labute approximate surface area is 150 Å². The van der Waals surface area contributed by atoms with E-state index in [1.54, 1.807) is 6.07 Å². The van der Waals surface area contributed by atoms with Crippen molar-refractivity contribution in [2.75, 3.05) is 0 Å². The van der Waals surface area contributed by atoms with Crippen molar-refractivity contribution in [3.05, 3.63) is 29.7 Å². The molecule has 0 unspecified atom stereocenters. The molecule has 6 heteroatoms. The molecule has 1 aliphatic heterocycles. The smallest absolute Gasteiger partial charge is 0.170 e. The first kappa shape index (κ1) is 17.4. The maximum atomic E-state index is 13.5. The molecule has 0 spiro atoms. The molecule has 0 N–H and O–H groups in total. The quantitative estimate of drug-likeness (QED) is 0.759. The normalized spacial score (nSPS) is 16.1. The van der Waals surface area contributed by atoms with E-state index in [0.29, 0.717) is 35.9 Å². The Balaban J connectivity index is 2.07. The van der Waals surface area contributed by atoms with E-state index in [-0.39, 0.29) is 5.60 Å². The van der Waals surface area contributed by atoms with Gasteiger partial charge in [-0.25, -0.2) is 4.39 Å². The van der Waals surface area contributed by atoms with Gasteiger partial charge < -0.3 is 9.36 Å². The maximum absolute atomic E-state index is 13.5. The number of halogens is 1. The predicted octanol–water partition coefficient (Wildman–Crippen LogP) is 4.45. The molecule has 0 saturated carbocycles. The Morgan fingerprint density at radius 3 is 2.64 bits per heavy atom. The van der Waals surface area contributed by atoms with Crippen molar-refractivity contribution in [2.45, 2.75) is 43.5 Å². The molecule has 0 atom stereocenters. The second-order valence-corrected chi connectivity index (χ2v) is 8.00. The van der Waals surface area contributed by atoms with E-state index in [0.717, 1.165) is 5.04 Å². The third-order valence-corrected chi connectivity index (χ3v) is 5.25. The Hall–Kier alpha value is -2.44. The minimum Gasteiger partial charge on any atom is -0.389 e. The molecule has 0 saturated heterocycles. The number of nitrogens with zero attached hydrogens (tertiary/aromatic N) is 2. The van der Waals surface area contributed by atoms with Crippen LogP contribution >= 0.6 is 11.8 Å². The van der Waals surface area contributed by atoms with Crippen LogP contribution < -0.4 is 0 Å². The summed E-state index contributed by atoms with van der Waals surface area (Å²) < 4.78 is 18.1. The van der Waals surface area contributed by atoms with Gasteiger partial charge in [0.2, 0.25) is 0 Å². The SMILES string of the molecule is C#CCC(CC#C)(SC1=NOC(C)(C)C1)c1noc2cc(F)ccc12. The van der Waals surface area contributed by atoms with Gasteiger partial charge in [0, 0.05) is 30.7 Å². The van der Waals surface area contributed by atoms with Crippen LogP contribution in [0.4, 0.5) is 4.39 Å². The van der Waals surface area contributed by atoms with Gasteiger partial charge in [0.25, 0.3) is 0 Å². The van der Waals surface area contributed by atoms with Gasteiger partial charge in [0.15, 0.2) is 5.58 Å². The third kappa shape index (κ3) is 3.36. The van der Waals surface area contributed by atoms with Gasteiger partial charge in [-0.05, 0) is 26.0 Å². The molecule has 1 aromatic heterocycles. The fourth-order valence-corrected chi connectivity index (χ4v) is 4.30. The van der Waals surface area contributed by atoms with E-state index in [4.69, 9.17) is 22.2 Å². The van der Waals surface area contributed by atoms with Crippen LogP contribution in [0.3, 0.4) is 0 Å². The number of aromatic nitrogens is 1. The van der Waals surface area contributed by atoms with Crippen LogP contribution in [0.2, 0.25) is 0 Å². The largest absolute Gasteiger partial charge is 0.389 e. The van der Waals surface area contributed by atoms with Crippen molar-refractivity contribution in [3.8, 4) is 24.7 Å². The lowest BCUT2D eigenvalue weighted by molar-refractivity contribution is 0.0123. The van der Waals surface area contributed by atoms with Crippen LogP contribution in [0.5, 0.6) is 0 Å². The molecule has 4 nitrogen and oxygen atoms in total. The number of oxime groups is 1. The monoisotopic (exact) mass is 356 g/mol. The fourth-order valence-electron chi connectivity index (χ4n) is 2.80. The summed E-state index contributed by atoms with van der Waals surface area (Å²) >= 11 is 1.45. The zero-order valence-corrected chi connectivity index (χ0v) is 14.8. The molecule has 128 valence electrons. The van der Waals surface area contributed by atoms with E-state index >= 15 is 0 Å². The zero-order chi connectivity index (χ0) is 18.1. The second kappa shape index (κ2) is 6.46. The van der Waals surface area contributed by atoms with E-state index in [9.17, 15) is 4.39 Å². The lowest BCUT2D eigenvalue weighted by Gasteiger charge is -2.27. The van der Waals surface area contributed by atoms with Crippen molar-refractivity contribution in [1.29, 1.82) is 0 Å². The predicted molar refractivity (Wildman–Crippen MR) is 97.4 cm³/mol. The summed E-state index contributed by atoms with van der Waals surface area (Å²) in [5.74, 6) is 4.98. The van der Waals surface area contributed by atoms with Crippen molar-refractivity contribution < 1.29 is 13.8 Å². The van der Waals surface area contributed by atoms with Crippen molar-refractivity contribution in [1.82, 2.24) is 5.16 Å². The molecule has 2 heterocycles. The highest BCUT2D eigenvalue weighted by atomic mass is 32.2. The summed E-state index contributed by atoms with van der Waals surface area (Å²) in [4.78, 5) is 5.45. The van der Waals surface area contributed by atoms with Gasteiger partial charge in [-0.1, -0.05) is 22.1 Å². The molecule has 25 heavy (non-hydrogen) atoms. The van der Waals surface area contributed by atoms with E-state index < -0.39 is 10.6 Å². The fraction of sp³-hybridized carbons (Fsp3) is 0.368. The average molecular weight is 356 g/mol. The maximum Gasteiger partial charge on any atom is 0.170 e. The van der Waals surface area contributed by atoms with Crippen molar-refractivity contribution in [3.63, 3.8) is 0 Å². The van der Waals surface area contributed by atoms with E-state index in [1.807, 2.05) is 13.8 Å². The Morgan fingerprint density at radius 1 is 1.32 bits per heavy atom. The number of thioether (sulfide) groups is 1. The molecule has 3 rings (SSSR count). The van der Waals surface area contributed by atoms with Crippen molar-refractivity contribution in [2.24, 2.45) is 5.16 Å². The molecular weight excluding hydrogens is 339 g/mol. The number of hydrogen-bond acceptors (Lipinski definition) is 5. The molecule has 1 aliphatic rings. The summed E-state index contributed by atoms with van der Waals surface area (Å²) in [6.07, 6.45) is 12.6. The Bertz CT molecular complexity index is 902. The molecule has 1 aromatic carbocycles. The van der Waals surface area contributed by atoms with Gasteiger partial charge in [0.05, 0.1) is 4.75 Å². The molecule has 2 aromatic rings. The van der Waals surface area contributed by atoms with Crippen LogP contribution in [0.1, 0.15) is 38.8 Å². The average Bonchev–Trinajstić information content (AvgIpc) is 3.10. The van der Waals surface area contributed by atoms with E-state index in [1.165, 1.54) is 23.9 Å². The highest BCUT2D eigenvalue weighted by Gasteiger charge is 2.41. The number of fused-ring (bicyclic) bond motifs is 1. The van der Waals surface area contributed by atoms with Crippen LogP contribution in [-0.4, -0.2) is 15.8 Å². The van der Waals surface area contributed by atoms with Crippen LogP contribution in [0.25, 0.3) is 11.0 Å². The summed E-state index contributed by atoms with van der Waals surface area (Å²) in [6.45, 7) is 3.92. The minimum atomic E-state index is -0.713. The minimum absolute atomic E-state index is 0.334. The zero-order valence-electron chi connectivity index (χ0n) is 14.0. The first-order valence-electron chi connectivity index (χ1n) is 7.75. The van der Waals surface area contributed by atoms with Crippen molar-refractivity contribution >= 4 is 27.8 Å². The summed E-state index contributed by atoms with van der Waals surface area (Å²) in [7, 11) is 0. The summed E-state index contributed by atoms with van der Waals surface area (Å²) in [6, 6.07) is 4.30. The van der Waals surface area contributed by atoms with Crippen LogP contribution in [-0.2, 0) is 9.58 Å². The van der Waals surface area contributed by atoms with Gasteiger partial charge in [-0.2, -0.15) is 0 Å². The third-order valence-electron chi connectivity index (χ3n) is 3.93. The number of benzene rings is 1. The van der Waals surface area contributed by atoms with E-state index in [2.05, 4.69) is 22.2 Å². The standard InChI is InChI=1S/C19H17FN2O2S/c1-5-9-19(10-6-2,25-16-12-18(3,4)24-21-16)17-14-8-7-13(20)11-15(14)23-22-17/h1-2,7-8,11H,9-10,12H2,3-4H3. The molecule has 0 aliphatic carbocycles. The first-order valence-corrected chi connectivity index (χ1v) is 8.57. The molecule has 0 fully saturated rings. The molecule has 0 radical (unpaired) electrons. The highest BCUT2D eigenvalue weighted by Crippen LogP contribution is 2.47. The molecular formula is C19H17FN2O2S. The van der Waals surface area contributed by atoms with Crippen LogP contribution in [0.15, 0.2) is 27.9 Å². The van der Waals surface area contributed by atoms with Gasteiger partial charge in [0.1, 0.15) is 22.2 Å². The Kier molecular flexibility index (Phi) is 4.49. The van der Waals surface area contributed by atoms with Crippen LogP contribution in [0, 0.1) is 30.5 Å². The summed E-state index contributed by atoms with van der Waals surface area (Å²) in [5, 5.41) is 9.83. The first-order chi connectivity index (χ1) is 11.9. The molecule has 0 bridgehead atoms. The lowest BCUT2D eigenvalue weighted by atomic mass is 9.94. The number of rotatable bonds is 4. The number of hydrogen-bond donors (Lipinski definition) is 0. The van der Waals surface area contributed by atoms with Gasteiger partial charge >= 0.3 is 0 Å². The lowest BCUT2D eigenvalue weighted by Crippen LogP contribution is -2.25. The highest BCUT2D eigenvalue weighted by molar-refractivity contribution is 8.14. The van der Waals surface area contributed by atoms with Gasteiger partial charge in [-0.15, -0.1) is 24.7 Å². The van der Waals surface area contributed by atoms with Gasteiger partial charge in [-0.3, -0.25) is 0 Å². The Morgan fingerprint density at radius 2 is 2.04 bits per heavy atom. The summed E-state index contributed by atoms with van der Waals surface area (Å²) in [5.41, 5.74) is 0.602.